The maximum Gasteiger partial charge on any atom is 0.251 e. The molecule has 4 aromatic rings. The Kier molecular flexibility index (Phi) is 7.12. The Morgan fingerprint density at radius 2 is 1.90 bits per heavy atom. The van der Waals surface area contributed by atoms with Gasteiger partial charge in [0.1, 0.15) is 6.10 Å². The van der Waals surface area contributed by atoms with Crippen LogP contribution in [0.4, 0.5) is 8.78 Å². The van der Waals surface area contributed by atoms with Crippen LogP contribution in [0.5, 0.6) is 5.88 Å². The van der Waals surface area contributed by atoms with E-state index in [1.807, 2.05) is 15.8 Å². The van der Waals surface area contributed by atoms with Crippen molar-refractivity contribution in [2.24, 2.45) is 0 Å². The van der Waals surface area contributed by atoms with Crippen LogP contribution >= 0.6 is 0 Å². The molecule has 11 nitrogen and oxygen atoms in total. The Bertz CT molecular complexity index is 1620. The van der Waals surface area contributed by atoms with Gasteiger partial charge < -0.3 is 19.7 Å². The summed E-state index contributed by atoms with van der Waals surface area (Å²) in [4.78, 5) is 30.1. The van der Waals surface area contributed by atoms with Crippen molar-refractivity contribution in [3.63, 3.8) is 0 Å². The number of carbonyl (C=O) groups is 2. The van der Waals surface area contributed by atoms with Crippen molar-refractivity contribution in [3.05, 3.63) is 54.0 Å². The summed E-state index contributed by atoms with van der Waals surface area (Å²) < 4.78 is 44.5. The first-order valence-electron chi connectivity index (χ1n) is 13.5. The van der Waals surface area contributed by atoms with Crippen molar-refractivity contribution in [3.8, 4) is 28.3 Å². The van der Waals surface area contributed by atoms with Crippen LogP contribution in [0.1, 0.15) is 42.6 Å². The molecule has 2 amide bonds. The highest BCUT2D eigenvalue weighted by atomic mass is 19.2. The molecular weight excluding hydrogens is 536 g/mol. The number of imidazole rings is 1. The van der Waals surface area contributed by atoms with E-state index < -0.39 is 17.5 Å². The number of aromatic nitrogens is 5. The predicted octanol–water partition coefficient (Wildman–Crippen LogP) is 3.25. The molecule has 6 rings (SSSR count). The molecule has 41 heavy (non-hydrogen) atoms. The lowest BCUT2D eigenvalue weighted by Gasteiger charge is -2.31. The fourth-order valence-corrected chi connectivity index (χ4v) is 5.31. The number of nitrogens with one attached hydrogen (secondary N) is 1. The lowest BCUT2D eigenvalue weighted by atomic mass is 10.1. The summed E-state index contributed by atoms with van der Waals surface area (Å²) in [6, 6.07) is 4.02. The molecule has 0 saturated carbocycles. The van der Waals surface area contributed by atoms with E-state index >= 15 is 4.39 Å². The van der Waals surface area contributed by atoms with Crippen LogP contribution in [0.25, 0.3) is 28.0 Å². The molecule has 2 aliphatic heterocycles. The van der Waals surface area contributed by atoms with Crippen LogP contribution in [-0.2, 0) is 9.53 Å². The zero-order chi connectivity index (χ0) is 28.7. The number of benzene rings is 1. The van der Waals surface area contributed by atoms with Gasteiger partial charge in [0.2, 0.25) is 11.8 Å². The standard InChI is InChI=1S/C28H29F2N7O4/c1-16(38)35-6-3-19(4-7-35)36-14-18(12-33-36)21-11-25-32-13-24(37(25)34-28(21)41-20-5-8-40-15-20)22-9-17(27(39)31-2)10-23(29)26(22)30/h9-14,19-20H,3-8,15H2,1-2H3,(H,31,39)/t20-/m0/s1. The van der Waals surface area contributed by atoms with Gasteiger partial charge in [0.25, 0.3) is 5.91 Å². The summed E-state index contributed by atoms with van der Waals surface area (Å²) >= 11 is 0. The zero-order valence-corrected chi connectivity index (χ0v) is 22.6. The molecule has 0 spiro atoms. The summed E-state index contributed by atoms with van der Waals surface area (Å²) in [5, 5.41) is 11.7. The number of fused-ring (bicyclic) bond motifs is 1. The molecule has 0 bridgehead atoms. The van der Waals surface area contributed by atoms with Crippen molar-refractivity contribution < 1.29 is 27.8 Å². The number of ether oxygens (including phenoxy) is 2. The number of hydrogen-bond acceptors (Lipinski definition) is 7. The normalized spacial score (nSPS) is 17.8. The van der Waals surface area contributed by atoms with Crippen LogP contribution in [0.3, 0.4) is 0 Å². The van der Waals surface area contributed by atoms with Gasteiger partial charge in [0.05, 0.1) is 42.9 Å². The number of nitrogens with zero attached hydrogens (tertiary/aromatic N) is 6. The third-order valence-corrected chi connectivity index (χ3v) is 7.62. The second-order valence-corrected chi connectivity index (χ2v) is 10.2. The molecule has 2 fully saturated rings. The van der Waals surface area contributed by atoms with Crippen LogP contribution in [0, 0.1) is 11.6 Å². The topological polar surface area (TPSA) is 116 Å². The minimum atomic E-state index is -1.16. The monoisotopic (exact) mass is 565 g/mol. The SMILES string of the molecule is CNC(=O)c1cc(F)c(F)c(-c2cnc3cc(-c4cnn(C5CCN(C(C)=O)CC5)c4)c(O[C@H]4CCOC4)nn23)c1. The Labute approximate surface area is 234 Å². The van der Waals surface area contributed by atoms with E-state index in [-0.39, 0.29) is 40.8 Å². The second kappa shape index (κ2) is 10.9. The van der Waals surface area contributed by atoms with E-state index in [0.717, 1.165) is 24.5 Å². The first-order valence-corrected chi connectivity index (χ1v) is 13.5. The third kappa shape index (κ3) is 5.12. The van der Waals surface area contributed by atoms with E-state index in [1.54, 1.807) is 19.2 Å². The average molecular weight is 566 g/mol. The smallest absolute Gasteiger partial charge is 0.251 e. The number of amides is 2. The molecule has 0 unspecified atom stereocenters. The molecule has 1 N–H and O–H groups in total. The first kappa shape index (κ1) is 26.8. The molecule has 0 aliphatic carbocycles. The van der Waals surface area contributed by atoms with Crippen molar-refractivity contribution in [1.29, 1.82) is 0 Å². The van der Waals surface area contributed by atoms with Crippen molar-refractivity contribution in [2.45, 2.75) is 38.3 Å². The molecule has 1 atom stereocenters. The maximum atomic E-state index is 15.0. The minimum Gasteiger partial charge on any atom is -0.470 e. The number of piperidine rings is 1. The Hall–Kier alpha value is -4.39. The second-order valence-electron chi connectivity index (χ2n) is 10.2. The zero-order valence-electron chi connectivity index (χ0n) is 22.6. The molecule has 1 aromatic carbocycles. The van der Waals surface area contributed by atoms with E-state index in [9.17, 15) is 14.0 Å². The summed E-state index contributed by atoms with van der Waals surface area (Å²) in [7, 11) is 1.41. The highest BCUT2D eigenvalue weighted by molar-refractivity contribution is 5.95. The van der Waals surface area contributed by atoms with Gasteiger partial charge in [-0.3, -0.25) is 14.3 Å². The van der Waals surface area contributed by atoms with Crippen molar-refractivity contribution in [1.82, 2.24) is 34.6 Å². The number of halogens is 2. The van der Waals surface area contributed by atoms with Gasteiger partial charge >= 0.3 is 0 Å². The summed E-state index contributed by atoms with van der Waals surface area (Å²) in [6.45, 7) is 3.89. The van der Waals surface area contributed by atoms with Crippen molar-refractivity contribution in [2.75, 3.05) is 33.4 Å². The minimum absolute atomic E-state index is 0.0332. The summed E-state index contributed by atoms with van der Waals surface area (Å²) in [6.07, 6.45) is 7.07. The lowest BCUT2D eigenvalue weighted by Crippen LogP contribution is -2.37. The molecule has 13 heteroatoms. The molecule has 2 saturated heterocycles. The van der Waals surface area contributed by atoms with E-state index in [1.165, 1.54) is 23.8 Å². The third-order valence-electron chi connectivity index (χ3n) is 7.62. The van der Waals surface area contributed by atoms with Gasteiger partial charge in [0.15, 0.2) is 17.3 Å². The van der Waals surface area contributed by atoms with Crippen LogP contribution < -0.4 is 10.1 Å². The number of carbonyl (C=O) groups excluding carboxylic acids is 2. The van der Waals surface area contributed by atoms with E-state index in [4.69, 9.17) is 9.47 Å². The Balaban J connectivity index is 1.40. The predicted molar refractivity (Wildman–Crippen MR) is 143 cm³/mol. The van der Waals surface area contributed by atoms with Gasteiger partial charge in [-0.25, -0.2) is 18.3 Å². The number of likely N-dealkylation sites (tertiary alicyclic amines) is 1. The molecular formula is C28H29F2N7O4. The first-order chi connectivity index (χ1) is 19.8. The lowest BCUT2D eigenvalue weighted by molar-refractivity contribution is -0.130. The fourth-order valence-electron chi connectivity index (χ4n) is 5.31. The highest BCUT2D eigenvalue weighted by Crippen LogP contribution is 2.34. The van der Waals surface area contributed by atoms with Gasteiger partial charge in [0, 0.05) is 56.4 Å². The van der Waals surface area contributed by atoms with Crippen LogP contribution in [-0.4, -0.2) is 80.5 Å². The molecule has 0 radical (unpaired) electrons. The molecule has 3 aromatic heterocycles. The van der Waals surface area contributed by atoms with Gasteiger partial charge in [-0.05, 0) is 31.0 Å². The van der Waals surface area contributed by atoms with Gasteiger partial charge in [-0.2, -0.15) is 5.10 Å². The largest absolute Gasteiger partial charge is 0.470 e. The highest BCUT2D eigenvalue weighted by Gasteiger charge is 2.26. The number of rotatable bonds is 6. The molecule has 2 aliphatic rings. The van der Waals surface area contributed by atoms with Crippen LogP contribution in [0.15, 0.2) is 36.8 Å². The van der Waals surface area contributed by atoms with Crippen molar-refractivity contribution >= 4 is 17.5 Å². The van der Waals surface area contributed by atoms with E-state index in [0.29, 0.717) is 43.9 Å². The molecule has 214 valence electrons. The summed E-state index contributed by atoms with van der Waals surface area (Å²) in [5.41, 5.74) is 1.74. The fraction of sp³-hybridized carbons (Fsp3) is 0.393. The van der Waals surface area contributed by atoms with Gasteiger partial charge in [-0.1, -0.05) is 0 Å². The van der Waals surface area contributed by atoms with Gasteiger partial charge in [-0.15, -0.1) is 5.10 Å². The average Bonchev–Trinajstić information content (AvgIpc) is 3.75. The van der Waals surface area contributed by atoms with E-state index in [2.05, 4.69) is 20.5 Å². The Morgan fingerprint density at radius 1 is 1.10 bits per heavy atom. The Morgan fingerprint density at radius 3 is 2.61 bits per heavy atom. The molecule has 5 heterocycles. The quantitative estimate of drug-likeness (QED) is 0.382. The van der Waals surface area contributed by atoms with Crippen LogP contribution in [0.2, 0.25) is 0 Å². The maximum absolute atomic E-state index is 15.0. The summed E-state index contributed by atoms with van der Waals surface area (Å²) in [5.74, 6) is -2.49. The number of hydrogen-bond donors (Lipinski definition) is 1.